The molecule has 0 radical (unpaired) electrons. The third kappa shape index (κ3) is 2.53. The highest BCUT2D eigenvalue weighted by atomic mass is 35.5. The third-order valence-corrected chi connectivity index (χ3v) is 2.52. The van der Waals surface area contributed by atoms with Gasteiger partial charge in [0.1, 0.15) is 6.07 Å². The zero-order valence-corrected chi connectivity index (χ0v) is 9.97. The van der Waals surface area contributed by atoms with E-state index in [1.54, 1.807) is 19.1 Å². The van der Waals surface area contributed by atoms with Gasteiger partial charge in [-0.25, -0.2) is 4.79 Å². The van der Waals surface area contributed by atoms with Crippen LogP contribution >= 0.6 is 11.6 Å². The molecule has 0 unspecified atom stereocenters. The van der Waals surface area contributed by atoms with E-state index in [0.717, 1.165) is 11.1 Å². The quantitative estimate of drug-likeness (QED) is 0.600. The molecule has 0 spiro atoms. The molecule has 1 rings (SSSR count). The van der Waals surface area contributed by atoms with E-state index < -0.39 is 5.97 Å². The molecule has 0 saturated carbocycles. The molecule has 84 valence electrons. The molecular weight excluding hydrogens is 226 g/mol. The van der Waals surface area contributed by atoms with Crippen molar-refractivity contribution in [2.24, 2.45) is 0 Å². The van der Waals surface area contributed by atoms with E-state index >= 15 is 0 Å². The Morgan fingerprint density at radius 3 is 2.75 bits per heavy atom. The summed E-state index contributed by atoms with van der Waals surface area (Å²) in [7, 11) is 0. The maximum atomic E-state index is 11.6. The van der Waals surface area contributed by atoms with Gasteiger partial charge in [0.25, 0.3) is 0 Å². The maximum Gasteiger partial charge on any atom is 0.339 e. The Morgan fingerprint density at radius 1 is 1.56 bits per heavy atom. The van der Waals surface area contributed by atoms with Gasteiger partial charge in [0.05, 0.1) is 17.7 Å². The molecule has 0 aliphatic carbocycles. The molecular formula is C12H12ClNO2. The van der Waals surface area contributed by atoms with Crippen molar-refractivity contribution in [1.82, 2.24) is 0 Å². The number of esters is 1. The summed E-state index contributed by atoms with van der Waals surface area (Å²) in [5, 5.41) is 8.95. The fourth-order valence-electron chi connectivity index (χ4n) is 1.37. The second-order valence-corrected chi connectivity index (χ2v) is 3.56. The zero-order valence-electron chi connectivity index (χ0n) is 9.21. The van der Waals surface area contributed by atoms with E-state index in [1.165, 1.54) is 0 Å². The highest BCUT2D eigenvalue weighted by Crippen LogP contribution is 2.18. The number of alkyl halides is 1. The number of nitrogens with zero attached hydrogens (tertiary/aromatic N) is 1. The topological polar surface area (TPSA) is 50.1 Å². The SMILES string of the molecule is CCOC(=O)c1cc(C)c(CCl)cc1C#N. The molecule has 0 aliphatic heterocycles. The van der Waals surface area contributed by atoms with Crippen LogP contribution in [0.2, 0.25) is 0 Å². The number of ether oxygens (including phenoxy) is 1. The van der Waals surface area contributed by atoms with Crippen LogP contribution in [0.25, 0.3) is 0 Å². The van der Waals surface area contributed by atoms with Crippen molar-refractivity contribution in [1.29, 1.82) is 5.26 Å². The maximum absolute atomic E-state index is 11.6. The van der Waals surface area contributed by atoms with Crippen LogP contribution in [0.5, 0.6) is 0 Å². The summed E-state index contributed by atoms with van der Waals surface area (Å²) in [4.78, 5) is 11.6. The van der Waals surface area contributed by atoms with Crippen LogP contribution in [0.15, 0.2) is 12.1 Å². The minimum atomic E-state index is -0.469. The first-order chi connectivity index (χ1) is 7.63. The fraction of sp³-hybridized carbons (Fsp3) is 0.333. The first-order valence-electron chi connectivity index (χ1n) is 4.90. The molecule has 0 atom stereocenters. The van der Waals surface area contributed by atoms with Crippen molar-refractivity contribution in [2.45, 2.75) is 19.7 Å². The molecule has 0 aromatic heterocycles. The number of carbonyl (C=O) groups excluding carboxylic acids is 1. The van der Waals surface area contributed by atoms with Crippen LogP contribution < -0.4 is 0 Å². The number of aryl methyl sites for hydroxylation is 1. The number of halogens is 1. The summed E-state index contributed by atoms with van der Waals surface area (Å²) >= 11 is 5.73. The van der Waals surface area contributed by atoms with Gasteiger partial charge in [-0.3, -0.25) is 0 Å². The summed E-state index contributed by atoms with van der Waals surface area (Å²) < 4.78 is 4.88. The number of hydrogen-bond acceptors (Lipinski definition) is 3. The Hall–Kier alpha value is -1.53. The first kappa shape index (κ1) is 12.5. The summed E-state index contributed by atoms with van der Waals surface area (Å²) in [6.07, 6.45) is 0. The second-order valence-electron chi connectivity index (χ2n) is 3.29. The molecule has 4 heteroatoms. The molecule has 0 fully saturated rings. The Bertz CT molecular complexity index is 449. The molecule has 0 heterocycles. The van der Waals surface area contributed by atoms with Gasteiger partial charge in [-0.2, -0.15) is 5.26 Å². The fourth-order valence-corrected chi connectivity index (χ4v) is 1.65. The van der Waals surface area contributed by atoms with Crippen LogP contribution in [0.1, 0.15) is 34.0 Å². The van der Waals surface area contributed by atoms with Gasteiger partial charge in [0, 0.05) is 5.88 Å². The van der Waals surface area contributed by atoms with Crippen molar-refractivity contribution in [2.75, 3.05) is 6.61 Å². The summed E-state index contributed by atoms with van der Waals surface area (Å²) in [6, 6.07) is 5.26. The molecule has 0 bridgehead atoms. The van der Waals surface area contributed by atoms with Crippen molar-refractivity contribution in [3.8, 4) is 6.07 Å². The van der Waals surface area contributed by atoms with E-state index in [0.29, 0.717) is 23.6 Å². The minimum Gasteiger partial charge on any atom is -0.462 e. The highest BCUT2D eigenvalue weighted by Gasteiger charge is 2.14. The molecule has 3 nitrogen and oxygen atoms in total. The van der Waals surface area contributed by atoms with Crippen LogP contribution in [0.3, 0.4) is 0 Å². The van der Waals surface area contributed by atoms with Crippen LogP contribution in [0.4, 0.5) is 0 Å². The Balaban J connectivity index is 3.24. The Labute approximate surface area is 99.6 Å². The smallest absolute Gasteiger partial charge is 0.339 e. The standard InChI is InChI=1S/C12H12ClNO2/c1-3-16-12(15)11-4-8(2)9(6-13)5-10(11)7-14/h4-5H,3,6H2,1-2H3. The minimum absolute atomic E-state index is 0.292. The predicted octanol–water partition coefficient (Wildman–Crippen LogP) is 2.78. The lowest BCUT2D eigenvalue weighted by Gasteiger charge is -2.08. The number of benzene rings is 1. The van der Waals surface area contributed by atoms with E-state index in [4.69, 9.17) is 21.6 Å². The van der Waals surface area contributed by atoms with Crippen molar-refractivity contribution >= 4 is 17.6 Å². The van der Waals surface area contributed by atoms with Crippen molar-refractivity contribution in [3.05, 3.63) is 34.4 Å². The average Bonchev–Trinajstić information content (AvgIpc) is 2.29. The molecule has 1 aromatic carbocycles. The molecule has 1 aromatic rings. The Morgan fingerprint density at radius 2 is 2.25 bits per heavy atom. The lowest BCUT2D eigenvalue weighted by molar-refractivity contribution is 0.0526. The number of nitriles is 1. The van der Waals surface area contributed by atoms with E-state index in [9.17, 15) is 4.79 Å². The lowest BCUT2D eigenvalue weighted by atomic mass is 10.0. The number of carbonyl (C=O) groups is 1. The molecule has 16 heavy (non-hydrogen) atoms. The summed E-state index contributed by atoms with van der Waals surface area (Å²) in [6.45, 7) is 3.87. The Kier molecular flexibility index (Phi) is 4.33. The molecule has 0 amide bonds. The van der Waals surface area contributed by atoms with Crippen molar-refractivity contribution in [3.63, 3.8) is 0 Å². The van der Waals surface area contributed by atoms with Crippen LogP contribution in [-0.2, 0) is 10.6 Å². The number of hydrogen-bond donors (Lipinski definition) is 0. The second kappa shape index (κ2) is 5.53. The van der Waals surface area contributed by atoms with Gasteiger partial charge in [-0.05, 0) is 37.1 Å². The van der Waals surface area contributed by atoms with Gasteiger partial charge in [-0.15, -0.1) is 11.6 Å². The molecule has 0 N–H and O–H groups in total. The predicted molar refractivity (Wildman–Crippen MR) is 61.4 cm³/mol. The monoisotopic (exact) mass is 237 g/mol. The number of rotatable bonds is 3. The third-order valence-electron chi connectivity index (χ3n) is 2.24. The van der Waals surface area contributed by atoms with Gasteiger partial charge < -0.3 is 4.74 Å². The van der Waals surface area contributed by atoms with E-state index in [2.05, 4.69) is 0 Å². The largest absolute Gasteiger partial charge is 0.462 e. The van der Waals surface area contributed by atoms with Gasteiger partial charge in [0.2, 0.25) is 0 Å². The van der Waals surface area contributed by atoms with Crippen LogP contribution in [-0.4, -0.2) is 12.6 Å². The van der Waals surface area contributed by atoms with E-state index in [1.807, 2.05) is 13.0 Å². The van der Waals surface area contributed by atoms with Gasteiger partial charge in [-0.1, -0.05) is 0 Å². The van der Waals surface area contributed by atoms with E-state index in [-0.39, 0.29) is 0 Å². The highest BCUT2D eigenvalue weighted by molar-refractivity contribution is 6.17. The first-order valence-corrected chi connectivity index (χ1v) is 5.44. The zero-order chi connectivity index (χ0) is 12.1. The normalized spacial score (nSPS) is 9.62. The van der Waals surface area contributed by atoms with Gasteiger partial charge in [0.15, 0.2) is 0 Å². The summed E-state index contributed by atoms with van der Waals surface area (Å²) in [5.41, 5.74) is 2.35. The van der Waals surface area contributed by atoms with Crippen molar-refractivity contribution < 1.29 is 9.53 Å². The van der Waals surface area contributed by atoms with Crippen LogP contribution in [0, 0.1) is 18.3 Å². The lowest BCUT2D eigenvalue weighted by Crippen LogP contribution is -2.08. The molecule has 0 saturated heterocycles. The average molecular weight is 238 g/mol. The molecule has 0 aliphatic rings. The summed E-state index contributed by atoms with van der Waals surface area (Å²) in [5.74, 6) is -0.146. The van der Waals surface area contributed by atoms with Gasteiger partial charge >= 0.3 is 5.97 Å².